The highest BCUT2D eigenvalue weighted by atomic mass is 19.1. The van der Waals surface area contributed by atoms with Gasteiger partial charge in [0.1, 0.15) is 5.82 Å². The predicted molar refractivity (Wildman–Crippen MR) is 80.7 cm³/mol. The van der Waals surface area contributed by atoms with Crippen molar-refractivity contribution in [2.75, 3.05) is 29.1 Å². The number of nitrogen functional groups attached to an aromatic ring is 1. The van der Waals surface area contributed by atoms with Gasteiger partial charge in [-0.2, -0.15) is 0 Å². The molecule has 2 rings (SSSR count). The third kappa shape index (κ3) is 3.70. The molecule has 0 fully saturated rings. The summed E-state index contributed by atoms with van der Waals surface area (Å²) in [4.78, 5) is 13.6. The van der Waals surface area contributed by atoms with Gasteiger partial charge in [0.25, 0.3) is 0 Å². The van der Waals surface area contributed by atoms with Crippen molar-refractivity contribution in [1.29, 1.82) is 0 Å². The SMILES string of the molecule is Nc1ccccc1N(CCO)C(=O)Nc1cccc(F)c1. The first-order chi connectivity index (χ1) is 10.1. The lowest BCUT2D eigenvalue weighted by Gasteiger charge is -2.23. The van der Waals surface area contributed by atoms with Crippen molar-refractivity contribution in [3.8, 4) is 0 Å². The molecular weight excluding hydrogens is 273 g/mol. The van der Waals surface area contributed by atoms with Gasteiger partial charge in [0.05, 0.1) is 24.5 Å². The van der Waals surface area contributed by atoms with Crippen molar-refractivity contribution in [3.05, 3.63) is 54.3 Å². The van der Waals surface area contributed by atoms with Gasteiger partial charge < -0.3 is 16.2 Å². The third-order valence-corrected chi connectivity index (χ3v) is 2.87. The second kappa shape index (κ2) is 6.71. The minimum Gasteiger partial charge on any atom is -0.397 e. The summed E-state index contributed by atoms with van der Waals surface area (Å²) < 4.78 is 13.1. The molecule has 0 spiro atoms. The number of rotatable bonds is 4. The first-order valence-corrected chi connectivity index (χ1v) is 6.41. The van der Waals surface area contributed by atoms with Crippen molar-refractivity contribution in [3.63, 3.8) is 0 Å². The van der Waals surface area contributed by atoms with Crippen molar-refractivity contribution >= 4 is 23.1 Å². The standard InChI is InChI=1S/C15H16FN3O2/c16-11-4-3-5-12(10-11)18-15(21)19(8-9-20)14-7-2-1-6-13(14)17/h1-7,10,20H,8-9,17H2,(H,18,21). The molecule has 4 N–H and O–H groups in total. The lowest BCUT2D eigenvalue weighted by molar-refractivity contribution is 0.252. The van der Waals surface area contributed by atoms with Crippen LogP contribution in [0.1, 0.15) is 0 Å². The molecule has 0 saturated carbocycles. The van der Waals surface area contributed by atoms with Crippen LogP contribution in [0.15, 0.2) is 48.5 Å². The lowest BCUT2D eigenvalue weighted by atomic mass is 10.2. The summed E-state index contributed by atoms with van der Waals surface area (Å²) in [6.45, 7) is -0.139. The van der Waals surface area contributed by atoms with Gasteiger partial charge in [-0.25, -0.2) is 9.18 Å². The Balaban J connectivity index is 2.22. The van der Waals surface area contributed by atoms with E-state index in [1.54, 1.807) is 30.3 Å². The number of halogens is 1. The Hall–Kier alpha value is -2.60. The number of nitrogens with zero attached hydrogens (tertiary/aromatic N) is 1. The monoisotopic (exact) mass is 289 g/mol. The number of para-hydroxylation sites is 2. The van der Waals surface area contributed by atoms with E-state index in [1.165, 1.54) is 23.1 Å². The highest BCUT2D eigenvalue weighted by molar-refractivity contribution is 6.03. The van der Waals surface area contributed by atoms with Gasteiger partial charge in [-0.15, -0.1) is 0 Å². The minimum atomic E-state index is -0.493. The second-order valence-corrected chi connectivity index (χ2v) is 4.37. The van der Waals surface area contributed by atoms with E-state index in [0.717, 1.165) is 0 Å². The van der Waals surface area contributed by atoms with Crippen LogP contribution in [0.4, 0.5) is 26.2 Å². The molecule has 0 bridgehead atoms. The number of aliphatic hydroxyl groups is 1. The van der Waals surface area contributed by atoms with Crippen LogP contribution in [-0.4, -0.2) is 24.3 Å². The third-order valence-electron chi connectivity index (χ3n) is 2.87. The highest BCUT2D eigenvalue weighted by Crippen LogP contribution is 2.23. The summed E-state index contributed by atoms with van der Waals surface area (Å²) in [5.41, 5.74) is 7.08. The van der Waals surface area contributed by atoms with Crippen LogP contribution in [0.5, 0.6) is 0 Å². The Morgan fingerprint density at radius 2 is 2.00 bits per heavy atom. The summed E-state index contributed by atoms with van der Waals surface area (Å²) >= 11 is 0. The number of carbonyl (C=O) groups excluding carboxylic acids is 1. The second-order valence-electron chi connectivity index (χ2n) is 4.37. The molecule has 0 aromatic heterocycles. The van der Waals surface area contributed by atoms with Crippen LogP contribution in [0, 0.1) is 5.82 Å². The van der Waals surface area contributed by atoms with Gasteiger partial charge in [0.2, 0.25) is 0 Å². The Bertz CT molecular complexity index is 634. The van der Waals surface area contributed by atoms with E-state index in [0.29, 0.717) is 17.1 Å². The van der Waals surface area contributed by atoms with Gasteiger partial charge in [0.15, 0.2) is 0 Å². The molecular formula is C15H16FN3O2. The van der Waals surface area contributed by atoms with Crippen LogP contribution >= 0.6 is 0 Å². The average molecular weight is 289 g/mol. The molecule has 2 aromatic carbocycles. The summed E-state index contributed by atoms with van der Waals surface area (Å²) in [5, 5.41) is 11.7. The number of carbonyl (C=O) groups is 1. The number of hydrogen-bond donors (Lipinski definition) is 3. The zero-order valence-electron chi connectivity index (χ0n) is 11.3. The molecule has 0 aliphatic heterocycles. The summed E-state index contributed by atoms with van der Waals surface area (Å²) in [6.07, 6.45) is 0. The minimum absolute atomic E-state index is 0.0787. The van der Waals surface area contributed by atoms with E-state index in [1.807, 2.05) is 0 Å². The Morgan fingerprint density at radius 1 is 1.24 bits per heavy atom. The molecule has 0 aliphatic carbocycles. The number of amides is 2. The number of anilines is 3. The van der Waals surface area contributed by atoms with E-state index in [2.05, 4.69) is 5.32 Å². The quantitative estimate of drug-likeness (QED) is 0.756. The molecule has 0 atom stereocenters. The topological polar surface area (TPSA) is 78.6 Å². The normalized spacial score (nSPS) is 10.2. The van der Waals surface area contributed by atoms with Crippen molar-refractivity contribution in [1.82, 2.24) is 0 Å². The van der Waals surface area contributed by atoms with Crippen molar-refractivity contribution in [2.24, 2.45) is 0 Å². The Kier molecular flexibility index (Phi) is 4.73. The summed E-state index contributed by atoms with van der Waals surface area (Å²) in [7, 11) is 0. The molecule has 0 heterocycles. The van der Waals surface area contributed by atoms with E-state index in [9.17, 15) is 9.18 Å². The van der Waals surface area contributed by atoms with E-state index in [4.69, 9.17) is 10.8 Å². The van der Waals surface area contributed by atoms with Crippen LogP contribution < -0.4 is 16.0 Å². The fourth-order valence-electron chi connectivity index (χ4n) is 1.92. The molecule has 0 unspecified atom stereocenters. The number of nitrogens with two attached hydrogens (primary N) is 1. The number of urea groups is 1. The molecule has 6 heteroatoms. The highest BCUT2D eigenvalue weighted by Gasteiger charge is 2.17. The fraction of sp³-hybridized carbons (Fsp3) is 0.133. The molecule has 0 saturated heterocycles. The molecule has 110 valence electrons. The Labute approximate surface area is 121 Å². The van der Waals surface area contributed by atoms with Gasteiger partial charge in [0, 0.05) is 5.69 Å². The first-order valence-electron chi connectivity index (χ1n) is 6.41. The maximum atomic E-state index is 13.1. The number of hydrogen-bond acceptors (Lipinski definition) is 3. The van der Waals surface area contributed by atoms with Crippen LogP contribution in [-0.2, 0) is 0 Å². The maximum Gasteiger partial charge on any atom is 0.326 e. The first kappa shape index (κ1) is 14.8. The molecule has 21 heavy (non-hydrogen) atoms. The average Bonchev–Trinajstić information content (AvgIpc) is 2.45. The van der Waals surface area contributed by atoms with Crippen LogP contribution in [0.3, 0.4) is 0 Å². The van der Waals surface area contributed by atoms with Gasteiger partial charge in [-0.05, 0) is 30.3 Å². The predicted octanol–water partition coefficient (Wildman–Crippen LogP) is 2.44. The number of benzene rings is 2. The van der Waals surface area contributed by atoms with Gasteiger partial charge >= 0.3 is 6.03 Å². The number of aliphatic hydroxyl groups excluding tert-OH is 1. The van der Waals surface area contributed by atoms with E-state index in [-0.39, 0.29) is 13.2 Å². The smallest absolute Gasteiger partial charge is 0.326 e. The molecule has 2 amide bonds. The van der Waals surface area contributed by atoms with Crippen LogP contribution in [0.2, 0.25) is 0 Å². The fourth-order valence-corrected chi connectivity index (χ4v) is 1.92. The van der Waals surface area contributed by atoms with Crippen molar-refractivity contribution in [2.45, 2.75) is 0 Å². The van der Waals surface area contributed by atoms with Crippen LogP contribution in [0.25, 0.3) is 0 Å². The Morgan fingerprint density at radius 3 is 2.67 bits per heavy atom. The molecule has 2 aromatic rings. The zero-order chi connectivity index (χ0) is 15.2. The van der Waals surface area contributed by atoms with E-state index < -0.39 is 11.8 Å². The largest absolute Gasteiger partial charge is 0.397 e. The molecule has 0 radical (unpaired) electrons. The zero-order valence-corrected chi connectivity index (χ0v) is 11.3. The number of nitrogens with one attached hydrogen (secondary N) is 1. The lowest BCUT2D eigenvalue weighted by Crippen LogP contribution is -2.37. The molecule has 0 aliphatic rings. The van der Waals surface area contributed by atoms with Crippen molar-refractivity contribution < 1.29 is 14.3 Å². The van der Waals surface area contributed by atoms with Gasteiger partial charge in [-0.3, -0.25) is 4.90 Å². The van der Waals surface area contributed by atoms with Gasteiger partial charge in [-0.1, -0.05) is 18.2 Å². The summed E-state index contributed by atoms with van der Waals surface area (Å²) in [5.74, 6) is -0.444. The van der Waals surface area contributed by atoms with E-state index >= 15 is 0 Å². The summed E-state index contributed by atoms with van der Waals surface area (Å²) in [6, 6.07) is 11.9. The molecule has 5 nitrogen and oxygen atoms in total. The maximum absolute atomic E-state index is 13.1.